The molecule has 0 saturated carbocycles. The molecule has 0 saturated heterocycles. The van der Waals surface area contributed by atoms with E-state index in [2.05, 4.69) is 20.9 Å². The summed E-state index contributed by atoms with van der Waals surface area (Å²) in [6.07, 6.45) is -0.470. The summed E-state index contributed by atoms with van der Waals surface area (Å²) >= 11 is 12.3. The van der Waals surface area contributed by atoms with Crippen LogP contribution in [0.15, 0.2) is 36.4 Å². The van der Waals surface area contributed by atoms with Crippen molar-refractivity contribution < 1.29 is 19.5 Å². The number of carbonyl (C=O) groups excluding carboxylic acids is 2. The fourth-order valence-corrected chi connectivity index (χ4v) is 4.44. The van der Waals surface area contributed by atoms with Crippen LogP contribution in [-0.4, -0.2) is 46.1 Å². The highest BCUT2D eigenvalue weighted by atomic mass is 35.5. The number of fused-ring (bicyclic) bond motifs is 3. The van der Waals surface area contributed by atoms with Crippen LogP contribution in [0.1, 0.15) is 23.2 Å². The van der Waals surface area contributed by atoms with Gasteiger partial charge in [0, 0.05) is 58.4 Å². The van der Waals surface area contributed by atoms with E-state index in [9.17, 15) is 14.4 Å². The first-order valence-electron chi connectivity index (χ1n) is 10.7. The zero-order chi connectivity index (χ0) is 24.2. The van der Waals surface area contributed by atoms with Gasteiger partial charge in [0.2, 0.25) is 5.91 Å². The number of aromatic amines is 1. The summed E-state index contributed by atoms with van der Waals surface area (Å²) in [6.45, 7) is 1.29. The van der Waals surface area contributed by atoms with Crippen molar-refractivity contribution in [1.82, 2.24) is 20.5 Å². The van der Waals surface area contributed by atoms with Gasteiger partial charge in [-0.05, 0) is 53.9 Å². The van der Waals surface area contributed by atoms with Crippen LogP contribution in [0.25, 0.3) is 10.9 Å². The second-order valence-electron chi connectivity index (χ2n) is 7.98. The molecule has 9 nitrogen and oxygen atoms in total. The first-order valence-corrected chi connectivity index (χ1v) is 11.4. The lowest BCUT2D eigenvalue weighted by Gasteiger charge is -2.27. The number of hydrogen-bond donors (Lipinski definition) is 5. The Balaban J connectivity index is 1.34. The lowest BCUT2D eigenvalue weighted by atomic mass is 10.0. The monoisotopic (exact) mass is 503 g/mol. The minimum Gasteiger partial charge on any atom is -0.465 e. The number of hydrogen-bond acceptors (Lipinski definition) is 3. The Labute approximate surface area is 205 Å². The number of benzene rings is 2. The summed E-state index contributed by atoms with van der Waals surface area (Å²) in [5, 5.41) is 18.5. The van der Waals surface area contributed by atoms with Crippen molar-refractivity contribution in [2.24, 2.45) is 0 Å². The first kappa shape index (κ1) is 23.7. The van der Waals surface area contributed by atoms with Crippen molar-refractivity contribution in [3.8, 4) is 0 Å². The van der Waals surface area contributed by atoms with Crippen LogP contribution in [0.3, 0.4) is 0 Å². The summed E-state index contributed by atoms with van der Waals surface area (Å²) in [7, 11) is 0. The van der Waals surface area contributed by atoms with Crippen LogP contribution >= 0.6 is 23.2 Å². The molecule has 5 N–H and O–H groups in total. The molecule has 1 aliphatic rings. The van der Waals surface area contributed by atoms with Crippen molar-refractivity contribution >= 4 is 57.8 Å². The molecule has 178 valence electrons. The van der Waals surface area contributed by atoms with Crippen molar-refractivity contribution in [3.63, 3.8) is 0 Å². The van der Waals surface area contributed by atoms with Crippen molar-refractivity contribution in [1.29, 1.82) is 0 Å². The molecule has 0 radical (unpaired) electrons. The molecule has 34 heavy (non-hydrogen) atoms. The van der Waals surface area contributed by atoms with E-state index in [1.807, 2.05) is 18.2 Å². The molecule has 2 heterocycles. The minimum absolute atomic E-state index is 0.00556. The molecule has 4 amide bonds. The third-order valence-corrected chi connectivity index (χ3v) is 5.99. The zero-order valence-corrected chi connectivity index (χ0v) is 19.6. The van der Waals surface area contributed by atoms with Gasteiger partial charge in [0.25, 0.3) is 0 Å². The van der Waals surface area contributed by atoms with Gasteiger partial charge in [-0.15, -0.1) is 0 Å². The second kappa shape index (κ2) is 10.2. The molecule has 4 rings (SSSR count). The van der Waals surface area contributed by atoms with Gasteiger partial charge < -0.3 is 30.9 Å². The number of rotatable bonds is 6. The molecule has 0 unspecified atom stereocenters. The highest BCUT2D eigenvalue weighted by molar-refractivity contribution is 6.31. The van der Waals surface area contributed by atoms with Gasteiger partial charge in [-0.25, -0.2) is 9.59 Å². The molecule has 11 heteroatoms. The standard InChI is InChI=1S/C23H23Cl2N5O4/c24-14-1-2-19-18(10-14)17-4-6-30(12-20(17)29-19)22(32)27-11-13-7-15(25)9-16(8-13)28-21(31)3-5-26-23(33)34/h1-2,7-10,26,29H,3-6,11-12H2,(H,27,32)(H,28,31)(H,33,34). The van der Waals surface area contributed by atoms with Crippen LogP contribution in [0, 0.1) is 0 Å². The summed E-state index contributed by atoms with van der Waals surface area (Å²) in [4.78, 5) is 40.4. The van der Waals surface area contributed by atoms with E-state index >= 15 is 0 Å². The number of aromatic nitrogens is 1. The number of amides is 4. The number of carbonyl (C=O) groups is 3. The van der Waals surface area contributed by atoms with E-state index in [4.69, 9.17) is 28.3 Å². The van der Waals surface area contributed by atoms with E-state index in [0.29, 0.717) is 28.8 Å². The number of halogens is 2. The summed E-state index contributed by atoms with van der Waals surface area (Å²) in [5.74, 6) is -0.352. The summed E-state index contributed by atoms with van der Waals surface area (Å²) in [6, 6.07) is 10.5. The Morgan fingerprint density at radius 1 is 1.06 bits per heavy atom. The SMILES string of the molecule is O=C(O)NCCC(=O)Nc1cc(Cl)cc(CNC(=O)N2CCc3c([nH]c4ccc(Cl)cc34)C2)c1. The van der Waals surface area contributed by atoms with Crippen molar-refractivity contribution in [3.05, 3.63) is 63.3 Å². The van der Waals surface area contributed by atoms with E-state index in [-0.39, 0.29) is 31.4 Å². The highest BCUT2D eigenvalue weighted by Crippen LogP contribution is 2.29. The number of nitrogens with one attached hydrogen (secondary N) is 4. The number of nitrogens with zero attached hydrogens (tertiary/aromatic N) is 1. The quantitative estimate of drug-likeness (QED) is 0.342. The maximum Gasteiger partial charge on any atom is 0.404 e. The second-order valence-corrected chi connectivity index (χ2v) is 8.85. The molecular formula is C23H23Cl2N5O4. The number of carboxylic acid groups (broad SMARTS) is 1. The molecular weight excluding hydrogens is 481 g/mol. The normalized spacial score (nSPS) is 12.8. The lowest BCUT2D eigenvalue weighted by Crippen LogP contribution is -2.42. The first-order chi connectivity index (χ1) is 16.3. The minimum atomic E-state index is -1.19. The third-order valence-electron chi connectivity index (χ3n) is 5.54. The summed E-state index contributed by atoms with van der Waals surface area (Å²) < 4.78 is 0. The van der Waals surface area contributed by atoms with Gasteiger partial charge in [0.1, 0.15) is 0 Å². The third kappa shape index (κ3) is 5.73. The Kier molecular flexibility index (Phi) is 7.14. The van der Waals surface area contributed by atoms with Crippen molar-refractivity contribution in [2.75, 3.05) is 18.4 Å². The van der Waals surface area contributed by atoms with Crippen LogP contribution < -0.4 is 16.0 Å². The van der Waals surface area contributed by atoms with Crippen LogP contribution in [0.5, 0.6) is 0 Å². The molecule has 0 atom stereocenters. The van der Waals surface area contributed by atoms with E-state index in [1.54, 1.807) is 23.1 Å². The van der Waals surface area contributed by atoms with Gasteiger partial charge in [0.05, 0.1) is 6.54 Å². The average molecular weight is 504 g/mol. The molecule has 0 fully saturated rings. The van der Waals surface area contributed by atoms with Crippen molar-refractivity contribution in [2.45, 2.75) is 25.9 Å². The molecule has 1 aliphatic heterocycles. The topological polar surface area (TPSA) is 127 Å². The van der Waals surface area contributed by atoms with E-state index < -0.39 is 6.09 Å². The van der Waals surface area contributed by atoms with Gasteiger partial charge in [0.15, 0.2) is 0 Å². The molecule has 0 bridgehead atoms. The van der Waals surface area contributed by atoms with Crippen LogP contribution in [-0.2, 0) is 24.3 Å². The lowest BCUT2D eigenvalue weighted by molar-refractivity contribution is -0.116. The smallest absolute Gasteiger partial charge is 0.404 e. The number of anilines is 1. The Morgan fingerprint density at radius 2 is 1.88 bits per heavy atom. The molecule has 1 aromatic heterocycles. The predicted octanol–water partition coefficient (Wildman–Crippen LogP) is 4.34. The maximum absolute atomic E-state index is 12.8. The summed E-state index contributed by atoms with van der Waals surface area (Å²) in [5.41, 5.74) is 4.39. The number of H-pyrrole nitrogens is 1. The van der Waals surface area contributed by atoms with E-state index in [1.165, 1.54) is 5.56 Å². The van der Waals surface area contributed by atoms with E-state index in [0.717, 1.165) is 28.6 Å². The highest BCUT2D eigenvalue weighted by Gasteiger charge is 2.24. The molecule has 3 aromatic rings. The molecule has 2 aromatic carbocycles. The van der Waals surface area contributed by atoms with Crippen LogP contribution in [0.4, 0.5) is 15.3 Å². The predicted molar refractivity (Wildman–Crippen MR) is 130 cm³/mol. The molecule has 0 spiro atoms. The fourth-order valence-electron chi connectivity index (χ4n) is 4.01. The zero-order valence-electron chi connectivity index (χ0n) is 18.1. The Morgan fingerprint density at radius 3 is 2.68 bits per heavy atom. The van der Waals surface area contributed by atoms with Crippen LogP contribution in [0.2, 0.25) is 10.0 Å². The maximum atomic E-state index is 12.8. The van der Waals surface area contributed by atoms with Gasteiger partial charge in [-0.3, -0.25) is 4.79 Å². The number of urea groups is 1. The van der Waals surface area contributed by atoms with Gasteiger partial charge in [-0.1, -0.05) is 23.2 Å². The average Bonchev–Trinajstić information content (AvgIpc) is 3.13. The van der Waals surface area contributed by atoms with Gasteiger partial charge >= 0.3 is 12.1 Å². The molecule has 0 aliphatic carbocycles. The van der Waals surface area contributed by atoms with Gasteiger partial charge in [-0.2, -0.15) is 0 Å². The Bertz CT molecular complexity index is 1260. The Hall–Kier alpha value is -3.43. The fraction of sp³-hybridized carbons (Fsp3) is 0.261. The largest absolute Gasteiger partial charge is 0.465 e.